The van der Waals surface area contributed by atoms with E-state index in [0.29, 0.717) is 16.5 Å². The molecule has 0 saturated carbocycles. The van der Waals surface area contributed by atoms with Gasteiger partial charge in [-0.25, -0.2) is 18.7 Å². The minimum Gasteiger partial charge on any atom is -0.222 e. The molecule has 2 heterocycles. The van der Waals surface area contributed by atoms with Gasteiger partial charge in [0.05, 0.1) is 5.39 Å². The van der Waals surface area contributed by atoms with Crippen molar-refractivity contribution in [2.24, 2.45) is 0 Å². The predicted octanol–water partition coefficient (Wildman–Crippen LogP) is 4.83. The molecule has 1 aromatic carbocycles. The van der Waals surface area contributed by atoms with Crippen molar-refractivity contribution in [3.63, 3.8) is 0 Å². The zero-order chi connectivity index (χ0) is 15.1. The Hall–Kier alpha value is -1.59. The van der Waals surface area contributed by atoms with Crippen LogP contribution in [0.5, 0.6) is 0 Å². The van der Waals surface area contributed by atoms with E-state index in [9.17, 15) is 8.78 Å². The van der Waals surface area contributed by atoms with Gasteiger partial charge < -0.3 is 0 Å². The fourth-order valence-corrected chi connectivity index (χ4v) is 3.65. The zero-order valence-electron chi connectivity index (χ0n) is 11.4. The van der Waals surface area contributed by atoms with E-state index in [0.717, 1.165) is 26.7 Å². The van der Waals surface area contributed by atoms with Crippen LogP contribution in [0, 0.1) is 25.5 Å². The van der Waals surface area contributed by atoms with Gasteiger partial charge in [-0.05, 0) is 37.1 Å². The predicted molar refractivity (Wildman–Crippen MR) is 81.1 cm³/mol. The Kier molecular flexibility index (Phi) is 3.63. The molecule has 6 heteroatoms. The van der Waals surface area contributed by atoms with E-state index in [2.05, 4.69) is 9.97 Å². The number of aromatic nitrogens is 2. The second-order valence-corrected chi connectivity index (χ2v) is 6.41. The van der Waals surface area contributed by atoms with Crippen molar-refractivity contribution in [3.05, 3.63) is 56.8 Å². The molecular weight excluding hydrogens is 314 g/mol. The van der Waals surface area contributed by atoms with Gasteiger partial charge in [-0.3, -0.25) is 0 Å². The van der Waals surface area contributed by atoms with E-state index in [1.807, 2.05) is 13.8 Å². The van der Waals surface area contributed by atoms with Crippen molar-refractivity contribution < 1.29 is 8.78 Å². The first-order valence-corrected chi connectivity index (χ1v) is 7.50. The number of aryl methyl sites for hydroxylation is 2. The average molecular weight is 325 g/mol. The van der Waals surface area contributed by atoms with Gasteiger partial charge in [-0.15, -0.1) is 11.3 Å². The van der Waals surface area contributed by atoms with Gasteiger partial charge in [0.2, 0.25) is 0 Å². The molecule has 2 nitrogen and oxygen atoms in total. The van der Waals surface area contributed by atoms with Crippen LogP contribution in [0.1, 0.15) is 21.8 Å². The van der Waals surface area contributed by atoms with Crippen LogP contribution in [0.3, 0.4) is 0 Å². The van der Waals surface area contributed by atoms with Gasteiger partial charge in [0, 0.05) is 17.4 Å². The SMILES string of the molecule is Cc1sc2nc(Cc3cc(F)cc(F)c3)nc(Cl)c2c1C. The molecule has 0 fully saturated rings. The largest absolute Gasteiger partial charge is 0.222 e. The van der Waals surface area contributed by atoms with Crippen LogP contribution in [-0.4, -0.2) is 9.97 Å². The first-order valence-electron chi connectivity index (χ1n) is 6.31. The lowest BCUT2D eigenvalue weighted by Crippen LogP contribution is -1.98. The van der Waals surface area contributed by atoms with Crippen LogP contribution in [0.15, 0.2) is 18.2 Å². The highest BCUT2D eigenvalue weighted by atomic mass is 35.5. The molecule has 2 aromatic heterocycles. The van der Waals surface area contributed by atoms with E-state index < -0.39 is 11.6 Å². The van der Waals surface area contributed by atoms with Crippen molar-refractivity contribution in [1.82, 2.24) is 9.97 Å². The monoisotopic (exact) mass is 324 g/mol. The van der Waals surface area contributed by atoms with Crippen molar-refractivity contribution in [2.75, 3.05) is 0 Å². The Morgan fingerprint density at radius 2 is 1.76 bits per heavy atom. The molecule has 0 atom stereocenters. The second kappa shape index (κ2) is 5.31. The Bertz CT molecular complexity index is 825. The number of benzene rings is 1. The summed E-state index contributed by atoms with van der Waals surface area (Å²) in [5.41, 5.74) is 1.55. The third-order valence-corrected chi connectivity index (χ3v) is 4.69. The number of fused-ring (bicyclic) bond motifs is 1. The molecule has 21 heavy (non-hydrogen) atoms. The topological polar surface area (TPSA) is 25.8 Å². The Morgan fingerprint density at radius 1 is 1.10 bits per heavy atom. The van der Waals surface area contributed by atoms with Crippen LogP contribution in [0.25, 0.3) is 10.2 Å². The minimum absolute atomic E-state index is 0.236. The molecule has 108 valence electrons. The number of halogens is 3. The normalized spacial score (nSPS) is 11.3. The van der Waals surface area contributed by atoms with Crippen LogP contribution in [0.2, 0.25) is 5.15 Å². The standard InChI is InChI=1S/C15H11ClF2N2S/c1-7-8(2)21-15-13(7)14(16)19-12(20-15)5-9-3-10(17)6-11(18)4-9/h3-4,6H,5H2,1-2H3. The lowest BCUT2D eigenvalue weighted by Gasteiger charge is -2.03. The lowest BCUT2D eigenvalue weighted by molar-refractivity contribution is 0.580. The molecule has 0 bridgehead atoms. The van der Waals surface area contributed by atoms with Crippen molar-refractivity contribution in [1.29, 1.82) is 0 Å². The number of rotatable bonds is 2. The summed E-state index contributed by atoms with van der Waals surface area (Å²) >= 11 is 7.76. The highest BCUT2D eigenvalue weighted by molar-refractivity contribution is 7.18. The molecule has 3 aromatic rings. The molecule has 3 rings (SSSR count). The number of thiophene rings is 1. The highest BCUT2D eigenvalue weighted by Gasteiger charge is 2.14. The molecule has 0 aliphatic rings. The van der Waals surface area contributed by atoms with Gasteiger partial charge in [0.1, 0.15) is 27.4 Å². The van der Waals surface area contributed by atoms with Crippen LogP contribution in [0.4, 0.5) is 8.78 Å². The highest BCUT2D eigenvalue weighted by Crippen LogP contribution is 2.33. The molecule has 0 aliphatic carbocycles. The van der Waals surface area contributed by atoms with Crippen LogP contribution < -0.4 is 0 Å². The van der Waals surface area contributed by atoms with E-state index in [-0.39, 0.29) is 6.42 Å². The molecule has 0 unspecified atom stereocenters. The van der Waals surface area contributed by atoms with E-state index in [4.69, 9.17) is 11.6 Å². The third kappa shape index (κ3) is 2.76. The van der Waals surface area contributed by atoms with Crippen molar-refractivity contribution in [2.45, 2.75) is 20.3 Å². The summed E-state index contributed by atoms with van der Waals surface area (Å²) in [6.45, 7) is 3.98. The smallest absolute Gasteiger partial charge is 0.141 e. The Balaban J connectivity index is 2.05. The molecule has 0 N–H and O–H groups in total. The van der Waals surface area contributed by atoms with Gasteiger partial charge >= 0.3 is 0 Å². The number of nitrogens with zero attached hydrogens (tertiary/aromatic N) is 2. The summed E-state index contributed by atoms with van der Waals surface area (Å²) in [6.07, 6.45) is 0.236. The molecule has 0 spiro atoms. The molecule has 0 amide bonds. The maximum Gasteiger partial charge on any atom is 0.141 e. The summed E-state index contributed by atoms with van der Waals surface area (Å²) < 4.78 is 26.4. The first-order chi connectivity index (χ1) is 9.94. The zero-order valence-corrected chi connectivity index (χ0v) is 12.9. The summed E-state index contributed by atoms with van der Waals surface area (Å²) in [5, 5.41) is 1.24. The van der Waals surface area contributed by atoms with Gasteiger partial charge in [0.25, 0.3) is 0 Å². The third-order valence-electron chi connectivity index (χ3n) is 3.32. The average Bonchev–Trinajstić information content (AvgIpc) is 2.63. The summed E-state index contributed by atoms with van der Waals surface area (Å²) in [4.78, 5) is 10.6. The fourth-order valence-electron chi connectivity index (χ4n) is 2.22. The Morgan fingerprint density at radius 3 is 2.43 bits per heavy atom. The molecule has 0 aliphatic heterocycles. The summed E-state index contributed by atoms with van der Waals surface area (Å²) in [7, 11) is 0. The molecule has 0 saturated heterocycles. The van der Waals surface area contributed by atoms with Crippen LogP contribution in [-0.2, 0) is 6.42 Å². The van der Waals surface area contributed by atoms with E-state index in [1.54, 1.807) is 11.3 Å². The number of hydrogen-bond acceptors (Lipinski definition) is 3. The van der Waals surface area contributed by atoms with E-state index in [1.165, 1.54) is 12.1 Å². The second-order valence-electron chi connectivity index (χ2n) is 4.85. The summed E-state index contributed by atoms with van der Waals surface area (Å²) in [5.74, 6) is -0.765. The maximum absolute atomic E-state index is 13.2. The first kappa shape index (κ1) is 14.4. The van der Waals surface area contributed by atoms with Gasteiger partial charge in [-0.1, -0.05) is 11.6 Å². The van der Waals surface area contributed by atoms with Crippen molar-refractivity contribution in [3.8, 4) is 0 Å². The summed E-state index contributed by atoms with van der Waals surface area (Å²) in [6, 6.07) is 3.39. The van der Waals surface area contributed by atoms with Gasteiger partial charge in [0.15, 0.2) is 0 Å². The lowest BCUT2D eigenvalue weighted by atomic mass is 10.1. The number of hydrogen-bond donors (Lipinski definition) is 0. The molecular formula is C15H11ClF2N2S. The Labute approximate surface area is 129 Å². The van der Waals surface area contributed by atoms with E-state index >= 15 is 0 Å². The molecule has 0 radical (unpaired) electrons. The minimum atomic E-state index is -0.611. The quantitative estimate of drug-likeness (QED) is 0.631. The fraction of sp³-hybridized carbons (Fsp3) is 0.200. The van der Waals surface area contributed by atoms with Crippen molar-refractivity contribution >= 4 is 33.2 Å². The van der Waals surface area contributed by atoms with Gasteiger partial charge in [-0.2, -0.15) is 0 Å². The van der Waals surface area contributed by atoms with Crippen LogP contribution >= 0.6 is 22.9 Å². The maximum atomic E-state index is 13.2.